The van der Waals surface area contributed by atoms with Crippen molar-refractivity contribution in [2.75, 3.05) is 6.54 Å². The van der Waals surface area contributed by atoms with E-state index in [4.69, 9.17) is 0 Å². The van der Waals surface area contributed by atoms with E-state index < -0.39 is 5.91 Å². The minimum atomic E-state index is -0.393. The van der Waals surface area contributed by atoms with Gasteiger partial charge in [-0.25, -0.2) is 0 Å². The molecule has 4 nitrogen and oxygen atoms in total. The molecule has 0 spiro atoms. The van der Waals surface area contributed by atoms with E-state index in [0.29, 0.717) is 23.1 Å². The van der Waals surface area contributed by atoms with Crippen LogP contribution < -0.4 is 0 Å². The highest BCUT2D eigenvalue weighted by molar-refractivity contribution is 6.14. The van der Waals surface area contributed by atoms with Crippen molar-refractivity contribution in [2.24, 2.45) is 11.8 Å². The zero-order chi connectivity index (χ0) is 17.9. The van der Waals surface area contributed by atoms with Gasteiger partial charge >= 0.3 is 0 Å². The number of rotatable bonds is 4. The Balaban J connectivity index is 2.63. The Kier molecular flexibility index (Phi) is 5.35. The van der Waals surface area contributed by atoms with Gasteiger partial charge in [-0.15, -0.1) is 0 Å². The zero-order valence-electron chi connectivity index (χ0n) is 14.5. The molecule has 0 aliphatic carbocycles. The highest BCUT2D eigenvalue weighted by Crippen LogP contribution is 2.25. The van der Waals surface area contributed by atoms with E-state index in [1.807, 2.05) is 44.2 Å². The summed E-state index contributed by atoms with van der Waals surface area (Å²) in [6, 6.07) is 13.0. The maximum atomic E-state index is 13.2. The maximum Gasteiger partial charge on any atom is 0.262 e. The molecular weight excluding hydrogens is 300 g/mol. The molecule has 0 heterocycles. The van der Waals surface area contributed by atoms with Gasteiger partial charge in [0.1, 0.15) is 0 Å². The molecule has 4 heteroatoms. The maximum absolute atomic E-state index is 13.2. The molecule has 0 aliphatic rings. The van der Waals surface area contributed by atoms with Crippen molar-refractivity contribution in [3.63, 3.8) is 0 Å². The summed E-state index contributed by atoms with van der Waals surface area (Å²) in [5.74, 6) is -0.744. The monoisotopic (exact) mass is 322 g/mol. The first-order chi connectivity index (χ1) is 11.4. The Morgan fingerprint density at radius 2 is 1.75 bits per heavy atom. The van der Waals surface area contributed by atoms with Gasteiger partial charge in [-0.3, -0.25) is 14.5 Å². The summed E-state index contributed by atoms with van der Waals surface area (Å²) in [7, 11) is 0. The lowest BCUT2D eigenvalue weighted by atomic mass is 9.97. The van der Waals surface area contributed by atoms with E-state index in [-0.39, 0.29) is 17.7 Å². The van der Waals surface area contributed by atoms with Crippen LogP contribution >= 0.6 is 0 Å². The Hall–Kier alpha value is -2.67. The van der Waals surface area contributed by atoms with E-state index in [9.17, 15) is 14.9 Å². The first-order valence-electron chi connectivity index (χ1n) is 8.14. The lowest BCUT2D eigenvalue weighted by Crippen LogP contribution is -2.42. The molecule has 2 aromatic rings. The van der Waals surface area contributed by atoms with Gasteiger partial charge in [0.05, 0.1) is 17.2 Å². The SMILES string of the molecule is CC(C)CN(C(=O)c1c(C#N)ccc2ccccc12)C(=O)C(C)C. The first kappa shape index (κ1) is 17.7. The van der Waals surface area contributed by atoms with E-state index in [0.717, 1.165) is 5.39 Å². The van der Waals surface area contributed by atoms with Crippen molar-refractivity contribution in [3.8, 4) is 6.07 Å². The summed E-state index contributed by atoms with van der Waals surface area (Å²) in [5, 5.41) is 11.0. The third-order valence-electron chi connectivity index (χ3n) is 3.82. The van der Waals surface area contributed by atoms with Crippen LogP contribution in [0.15, 0.2) is 36.4 Å². The van der Waals surface area contributed by atoms with Crippen LogP contribution in [0.3, 0.4) is 0 Å². The van der Waals surface area contributed by atoms with Gasteiger partial charge in [0, 0.05) is 12.5 Å². The lowest BCUT2D eigenvalue weighted by molar-refractivity contribution is -0.132. The fourth-order valence-corrected chi connectivity index (χ4v) is 2.68. The normalized spacial score (nSPS) is 10.9. The minimum Gasteiger partial charge on any atom is -0.278 e. The summed E-state index contributed by atoms with van der Waals surface area (Å²) >= 11 is 0. The molecule has 0 bridgehead atoms. The van der Waals surface area contributed by atoms with E-state index in [2.05, 4.69) is 6.07 Å². The van der Waals surface area contributed by atoms with Crippen LogP contribution in [0.2, 0.25) is 0 Å². The molecule has 0 saturated carbocycles. The second-order valence-corrected chi connectivity index (χ2v) is 6.62. The number of carbonyl (C=O) groups excluding carboxylic acids is 2. The van der Waals surface area contributed by atoms with Crippen LogP contribution in [0.5, 0.6) is 0 Å². The van der Waals surface area contributed by atoms with Crippen molar-refractivity contribution < 1.29 is 9.59 Å². The molecular formula is C20H22N2O2. The Morgan fingerprint density at radius 3 is 2.33 bits per heavy atom. The molecule has 24 heavy (non-hydrogen) atoms. The molecule has 2 amide bonds. The van der Waals surface area contributed by atoms with E-state index >= 15 is 0 Å². The molecule has 2 rings (SSSR count). The summed E-state index contributed by atoms with van der Waals surface area (Å²) in [4.78, 5) is 27.0. The molecule has 0 N–H and O–H groups in total. The summed E-state index contributed by atoms with van der Waals surface area (Å²) in [6.45, 7) is 7.81. The number of nitriles is 1. The third-order valence-corrected chi connectivity index (χ3v) is 3.82. The number of imide groups is 1. The number of nitrogens with zero attached hydrogens (tertiary/aromatic N) is 2. The van der Waals surface area contributed by atoms with Gasteiger partial charge in [-0.2, -0.15) is 5.26 Å². The highest BCUT2D eigenvalue weighted by atomic mass is 16.2. The van der Waals surface area contributed by atoms with Crippen molar-refractivity contribution in [1.82, 2.24) is 4.90 Å². The Labute approximate surface area is 142 Å². The second-order valence-electron chi connectivity index (χ2n) is 6.62. The smallest absolute Gasteiger partial charge is 0.262 e. The van der Waals surface area contributed by atoms with Crippen LogP contribution in [0.1, 0.15) is 43.6 Å². The number of hydrogen-bond acceptors (Lipinski definition) is 3. The zero-order valence-corrected chi connectivity index (χ0v) is 14.5. The largest absolute Gasteiger partial charge is 0.278 e. The second kappa shape index (κ2) is 7.27. The van der Waals surface area contributed by atoms with Gasteiger partial charge in [0.15, 0.2) is 0 Å². The fourth-order valence-electron chi connectivity index (χ4n) is 2.68. The summed E-state index contributed by atoms with van der Waals surface area (Å²) in [6.07, 6.45) is 0. The molecule has 2 aromatic carbocycles. The number of benzene rings is 2. The van der Waals surface area contributed by atoms with Crippen LogP contribution in [0, 0.1) is 23.2 Å². The summed E-state index contributed by atoms with van der Waals surface area (Å²) < 4.78 is 0. The van der Waals surface area contributed by atoms with Crippen molar-refractivity contribution >= 4 is 22.6 Å². The molecule has 0 radical (unpaired) electrons. The van der Waals surface area contributed by atoms with Gasteiger partial charge in [-0.1, -0.05) is 58.0 Å². The predicted molar refractivity (Wildman–Crippen MR) is 94.4 cm³/mol. The average molecular weight is 322 g/mol. The number of carbonyl (C=O) groups is 2. The Morgan fingerprint density at radius 1 is 1.08 bits per heavy atom. The minimum absolute atomic E-state index is 0.150. The molecule has 0 fully saturated rings. The van der Waals surface area contributed by atoms with Gasteiger partial charge < -0.3 is 0 Å². The fraction of sp³-hybridized carbons (Fsp3) is 0.350. The van der Waals surface area contributed by atoms with Crippen molar-refractivity contribution in [1.29, 1.82) is 5.26 Å². The van der Waals surface area contributed by atoms with Gasteiger partial charge in [0.2, 0.25) is 5.91 Å². The quantitative estimate of drug-likeness (QED) is 0.855. The van der Waals surface area contributed by atoms with Crippen LogP contribution in [0.4, 0.5) is 0 Å². The number of hydrogen-bond donors (Lipinski definition) is 0. The van der Waals surface area contributed by atoms with E-state index in [1.165, 1.54) is 4.90 Å². The lowest BCUT2D eigenvalue weighted by Gasteiger charge is -2.25. The Bertz CT molecular complexity index is 816. The molecule has 0 aromatic heterocycles. The molecule has 0 unspecified atom stereocenters. The standard InChI is InChI=1S/C20H22N2O2/c1-13(2)12-22(19(23)14(3)4)20(24)18-16(11-21)10-9-15-7-5-6-8-17(15)18/h5-10,13-14H,12H2,1-4H3. The van der Waals surface area contributed by atoms with Gasteiger partial charge in [-0.05, 0) is 22.8 Å². The number of amides is 2. The van der Waals surface area contributed by atoms with Crippen LogP contribution in [-0.4, -0.2) is 23.3 Å². The van der Waals surface area contributed by atoms with Crippen molar-refractivity contribution in [2.45, 2.75) is 27.7 Å². The molecule has 0 saturated heterocycles. The number of fused-ring (bicyclic) bond motifs is 1. The molecule has 0 atom stereocenters. The van der Waals surface area contributed by atoms with E-state index in [1.54, 1.807) is 19.9 Å². The third kappa shape index (κ3) is 3.46. The predicted octanol–water partition coefficient (Wildman–Crippen LogP) is 3.99. The van der Waals surface area contributed by atoms with Crippen LogP contribution in [0.25, 0.3) is 10.8 Å². The topological polar surface area (TPSA) is 61.2 Å². The molecule has 124 valence electrons. The molecule has 0 aliphatic heterocycles. The van der Waals surface area contributed by atoms with Crippen LogP contribution in [-0.2, 0) is 4.79 Å². The highest BCUT2D eigenvalue weighted by Gasteiger charge is 2.28. The van der Waals surface area contributed by atoms with Crippen molar-refractivity contribution in [3.05, 3.63) is 47.5 Å². The van der Waals surface area contributed by atoms with Gasteiger partial charge in [0.25, 0.3) is 5.91 Å². The average Bonchev–Trinajstić information content (AvgIpc) is 2.57. The summed E-state index contributed by atoms with van der Waals surface area (Å²) in [5.41, 5.74) is 0.606. The first-order valence-corrected chi connectivity index (χ1v) is 8.14.